The molecule has 0 N–H and O–H groups in total. The van der Waals surface area contributed by atoms with Crippen LogP contribution in [-0.2, 0) is 16.8 Å². The monoisotopic (exact) mass is 174 g/mol. The Morgan fingerprint density at radius 2 is 2.15 bits per heavy atom. The molecular weight excluding hydrogens is 160 g/mol. The third kappa shape index (κ3) is 0.910. The fourth-order valence-corrected chi connectivity index (χ4v) is 2.54. The number of aryl methyl sites for hydroxylation is 1. The topological polar surface area (TPSA) is 12.5 Å². The van der Waals surface area contributed by atoms with Gasteiger partial charge in [0, 0.05) is 0 Å². The molecule has 3 rings (SSSR count). The van der Waals surface area contributed by atoms with Crippen molar-refractivity contribution in [2.24, 2.45) is 5.92 Å². The first-order chi connectivity index (χ1) is 6.33. The van der Waals surface area contributed by atoms with Crippen molar-refractivity contribution in [1.82, 2.24) is 0 Å². The van der Waals surface area contributed by atoms with Crippen LogP contribution in [0.4, 0.5) is 0 Å². The minimum Gasteiger partial charge on any atom is -0.364 e. The van der Waals surface area contributed by atoms with Crippen LogP contribution in [0, 0.1) is 5.92 Å². The molecule has 1 aliphatic carbocycles. The van der Waals surface area contributed by atoms with Crippen LogP contribution in [0.2, 0.25) is 0 Å². The molecule has 2 aliphatic rings. The highest BCUT2D eigenvalue weighted by molar-refractivity contribution is 5.38. The van der Waals surface area contributed by atoms with E-state index in [0.717, 1.165) is 6.61 Å². The molecule has 1 heterocycles. The number of fused-ring (bicyclic) bond motifs is 2. The van der Waals surface area contributed by atoms with E-state index in [1.165, 1.54) is 24.0 Å². The van der Waals surface area contributed by atoms with Gasteiger partial charge in [-0.3, -0.25) is 0 Å². The van der Waals surface area contributed by atoms with Crippen LogP contribution in [0.15, 0.2) is 24.3 Å². The minimum absolute atomic E-state index is 0.120. The zero-order valence-electron chi connectivity index (χ0n) is 7.92. The fraction of sp³-hybridized carbons (Fsp3) is 0.500. The van der Waals surface area contributed by atoms with Gasteiger partial charge in [-0.15, -0.1) is 0 Å². The predicted octanol–water partition coefficient (Wildman–Crippen LogP) is 2.49. The van der Waals surface area contributed by atoms with Crippen molar-refractivity contribution in [3.8, 4) is 0 Å². The molecule has 1 spiro atoms. The van der Waals surface area contributed by atoms with E-state index in [-0.39, 0.29) is 5.60 Å². The molecule has 1 nitrogen and oxygen atoms in total. The van der Waals surface area contributed by atoms with E-state index in [0.29, 0.717) is 5.92 Å². The molecule has 68 valence electrons. The second kappa shape index (κ2) is 2.36. The molecule has 1 aliphatic heterocycles. The first-order valence-electron chi connectivity index (χ1n) is 5.05. The second-order valence-corrected chi connectivity index (χ2v) is 4.28. The lowest BCUT2D eigenvalue weighted by Crippen LogP contribution is -2.26. The zero-order chi connectivity index (χ0) is 8.89. The number of hydrogen-bond acceptors (Lipinski definition) is 1. The van der Waals surface area contributed by atoms with E-state index in [9.17, 15) is 0 Å². The third-order valence-electron chi connectivity index (χ3n) is 3.57. The normalized spacial score (nSPS) is 35.9. The molecule has 1 aromatic rings. The number of ether oxygens (including phenoxy) is 1. The van der Waals surface area contributed by atoms with E-state index in [2.05, 4.69) is 31.2 Å². The summed E-state index contributed by atoms with van der Waals surface area (Å²) in [6, 6.07) is 8.73. The lowest BCUT2D eigenvalue weighted by atomic mass is 9.76. The van der Waals surface area contributed by atoms with E-state index in [4.69, 9.17) is 4.74 Å². The molecule has 0 aromatic heterocycles. The summed E-state index contributed by atoms with van der Waals surface area (Å²) in [6.07, 6.45) is 2.50. The van der Waals surface area contributed by atoms with Crippen molar-refractivity contribution >= 4 is 0 Å². The van der Waals surface area contributed by atoms with E-state index < -0.39 is 0 Å². The van der Waals surface area contributed by atoms with E-state index in [1.54, 1.807) is 0 Å². The first-order valence-corrected chi connectivity index (χ1v) is 5.05. The standard InChI is InChI=1S/C12H14O/c1-9-6-7-10-4-2-3-5-11(10)12(9)8-13-12/h2-5,9H,6-8H2,1H3. The Kier molecular flexibility index (Phi) is 1.37. The number of hydrogen-bond donors (Lipinski definition) is 0. The van der Waals surface area contributed by atoms with Crippen LogP contribution in [-0.4, -0.2) is 6.61 Å². The third-order valence-corrected chi connectivity index (χ3v) is 3.57. The molecule has 0 amide bonds. The van der Waals surface area contributed by atoms with Crippen molar-refractivity contribution < 1.29 is 4.74 Å². The Morgan fingerprint density at radius 1 is 1.38 bits per heavy atom. The van der Waals surface area contributed by atoms with Crippen molar-refractivity contribution in [2.75, 3.05) is 6.61 Å². The largest absolute Gasteiger partial charge is 0.364 e. The van der Waals surface area contributed by atoms with Gasteiger partial charge in [0.25, 0.3) is 0 Å². The van der Waals surface area contributed by atoms with Gasteiger partial charge in [-0.05, 0) is 29.9 Å². The van der Waals surface area contributed by atoms with Gasteiger partial charge in [0.05, 0.1) is 6.61 Å². The molecule has 0 bridgehead atoms. The van der Waals surface area contributed by atoms with Crippen molar-refractivity contribution in [2.45, 2.75) is 25.4 Å². The Morgan fingerprint density at radius 3 is 2.92 bits per heavy atom. The maximum Gasteiger partial charge on any atom is 0.119 e. The van der Waals surface area contributed by atoms with Gasteiger partial charge in [0.15, 0.2) is 0 Å². The highest BCUT2D eigenvalue weighted by atomic mass is 16.6. The Balaban J connectivity index is 2.15. The molecule has 1 fully saturated rings. The van der Waals surface area contributed by atoms with Gasteiger partial charge in [-0.2, -0.15) is 0 Å². The molecular formula is C12H14O. The van der Waals surface area contributed by atoms with Crippen LogP contribution in [0.1, 0.15) is 24.5 Å². The lowest BCUT2D eigenvalue weighted by molar-refractivity contribution is 0.208. The summed E-state index contributed by atoms with van der Waals surface area (Å²) in [5, 5.41) is 0. The van der Waals surface area contributed by atoms with Crippen LogP contribution in [0.5, 0.6) is 0 Å². The Hall–Kier alpha value is -0.820. The minimum atomic E-state index is 0.120. The SMILES string of the molecule is CC1CCc2ccccc2C12CO2. The molecule has 2 atom stereocenters. The average Bonchev–Trinajstić information content (AvgIpc) is 2.94. The maximum atomic E-state index is 5.68. The fourth-order valence-electron chi connectivity index (χ4n) is 2.54. The Bertz CT molecular complexity index is 339. The van der Waals surface area contributed by atoms with E-state index >= 15 is 0 Å². The van der Waals surface area contributed by atoms with Crippen molar-refractivity contribution in [3.63, 3.8) is 0 Å². The molecule has 1 heteroatoms. The van der Waals surface area contributed by atoms with Gasteiger partial charge in [0.2, 0.25) is 0 Å². The number of rotatable bonds is 0. The summed E-state index contributed by atoms with van der Waals surface area (Å²) < 4.78 is 5.68. The summed E-state index contributed by atoms with van der Waals surface area (Å²) in [7, 11) is 0. The van der Waals surface area contributed by atoms with Crippen LogP contribution >= 0.6 is 0 Å². The van der Waals surface area contributed by atoms with Crippen LogP contribution < -0.4 is 0 Å². The molecule has 0 saturated carbocycles. The van der Waals surface area contributed by atoms with E-state index in [1.807, 2.05) is 0 Å². The molecule has 1 saturated heterocycles. The number of benzene rings is 1. The maximum absolute atomic E-state index is 5.68. The van der Waals surface area contributed by atoms with Gasteiger partial charge in [-0.1, -0.05) is 31.2 Å². The van der Waals surface area contributed by atoms with Crippen molar-refractivity contribution in [3.05, 3.63) is 35.4 Å². The first kappa shape index (κ1) is 7.57. The predicted molar refractivity (Wildman–Crippen MR) is 51.6 cm³/mol. The number of epoxide rings is 1. The molecule has 13 heavy (non-hydrogen) atoms. The van der Waals surface area contributed by atoms with Gasteiger partial charge in [0.1, 0.15) is 5.60 Å². The summed E-state index contributed by atoms with van der Waals surface area (Å²) in [5.41, 5.74) is 3.07. The van der Waals surface area contributed by atoms with Crippen LogP contribution in [0.25, 0.3) is 0 Å². The van der Waals surface area contributed by atoms with Gasteiger partial charge < -0.3 is 4.74 Å². The average molecular weight is 174 g/mol. The lowest BCUT2D eigenvalue weighted by Gasteiger charge is -2.28. The molecule has 2 unspecified atom stereocenters. The quantitative estimate of drug-likeness (QED) is 0.550. The smallest absolute Gasteiger partial charge is 0.119 e. The van der Waals surface area contributed by atoms with Crippen LogP contribution in [0.3, 0.4) is 0 Å². The summed E-state index contributed by atoms with van der Waals surface area (Å²) >= 11 is 0. The summed E-state index contributed by atoms with van der Waals surface area (Å²) in [6.45, 7) is 3.24. The highest BCUT2D eigenvalue weighted by Crippen LogP contribution is 2.51. The van der Waals surface area contributed by atoms with Gasteiger partial charge in [-0.25, -0.2) is 0 Å². The highest BCUT2D eigenvalue weighted by Gasteiger charge is 2.53. The van der Waals surface area contributed by atoms with Crippen molar-refractivity contribution in [1.29, 1.82) is 0 Å². The summed E-state index contributed by atoms with van der Waals surface area (Å²) in [5.74, 6) is 0.697. The zero-order valence-corrected chi connectivity index (χ0v) is 7.92. The molecule has 0 radical (unpaired) electrons. The second-order valence-electron chi connectivity index (χ2n) is 4.28. The Labute approximate surface area is 78.7 Å². The molecule has 1 aromatic carbocycles. The summed E-state index contributed by atoms with van der Waals surface area (Å²) in [4.78, 5) is 0. The van der Waals surface area contributed by atoms with Gasteiger partial charge >= 0.3 is 0 Å².